The van der Waals surface area contributed by atoms with Crippen LogP contribution < -0.4 is 5.73 Å². The van der Waals surface area contributed by atoms with Crippen molar-refractivity contribution in [2.75, 3.05) is 7.05 Å². The van der Waals surface area contributed by atoms with E-state index in [9.17, 15) is 27.2 Å². The van der Waals surface area contributed by atoms with E-state index in [0.717, 1.165) is 23.1 Å². The topological polar surface area (TPSA) is 76.5 Å². The van der Waals surface area contributed by atoms with Gasteiger partial charge in [-0.1, -0.05) is 24.3 Å². The van der Waals surface area contributed by atoms with Crippen LogP contribution in [0, 0.1) is 5.82 Å². The maximum Gasteiger partial charge on any atom is 0.416 e. The Kier molecular flexibility index (Phi) is 5.64. The van der Waals surface area contributed by atoms with E-state index >= 15 is 0 Å². The van der Waals surface area contributed by atoms with E-state index in [1.54, 1.807) is 0 Å². The van der Waals surface area contributed by atoms with Gasteiger partial charge in [0.2, 0.25) is 5.91 Å². The van der Waals surface area contributed by atoms with E-state index < -0.39 is 35.4 Å². The molecule has 0 spiro atoms. The predicted octanol–water partition coefficient (Wildman–Crippen LogP) is 4.40. The monoisotopic (exact) mass is 420 g/mol. The average molecular weight is 420 g/mol. The number of rotatable bonds is 5. The van der Waals surface area contributed by atoms with Gasteiger partial charge in [0.15, 0.2) is 5.76 Å². The van der Waals surface area contributed by atoms with Gasteiger partial charge < -0.3 is 15.1 Å². The van der Waals surface area contributed by atoms with Crippen LogP contribution in [0.4, 0.5) is 17.6 Å². The number of nitrogens with two attached hydrogens (primary N) is 1. The first-order chi connectivity index (χ1) is 14.1. The van der Waals surface area contributed by atoms with Crippen LogP contribution in [-0.4, -0.2) is 23.8 Å². The summed E-state index contributed by atoms with van der Waals surface area (Å²) in [5, 5.41) is 0. The van der Waals surface area contributed by atoms with Gasteiger partial charge in [-0.2, -0.15) is 13.2 Å². The van der Waals surface area contributed by atoms with Crippen molar-refractivity contribution in [1.82, 2.24) is 4.90 Å². The Morgan fingerprint density at radius 2 is 1.73 bits per heavy atom. The standard InChI is InChI=1S/C21H16F4N2O3/c1-27(18(19(26)28)13-5-3-7-15(22)11-13)20(29)17-9-8-16(30-17)12-4-2-6-14(10-12)21(23,24)25/h2-11,18H,1H3,(H2,26,28). The van der Waals surface area contributed by atoms with Crippen molar-refractivity contribution in [2.45, 2.75) is 12.2 Å². The van der Waals surface area contributed by atoms with E-state index in [4.69, 9.17) is 10.2 Å². The van der Waals surface area contributed by atoms with Crippen LogP contribution in [0.1, 0.15) is 27.7 Å². The number of halogens is 4. The summed E-state index contributed by atoms with van der Waals surface area (Å²) in [6, 6.07) is 10.9. The van der Waals surface area contributed by atoms with Gasteiger partial charge in [-0.05, 0) is 42.0 Å². The minimum atomic E-state index is -4.53. The van der Waals surface area contributed by atoms with Crippen LogP contribution in [0.3, 0.4) is 0 Å². The molecule has 3 rings (SSSR count). The summed E-state index contributed by atoms with van der Waals surface area (Å²) in [7, 11) is 1.29. The maximum atomic E-state index is 13.5. The smallest absolute Gasteiger partial charge is 0.416 e. The largest absolute Gasteiger partial charge is 0.451 e. The molecule has 156 valence electrons. The Balaban J connectivity index is 1.89. The SMILES string of the molecule is CN(C(=O)c1ccc(-c2cccc(C(F)(F)F)c2)o1)C(C(N)=O)c1cccc(F)c1. The summed E-state index contributed by atoms with van der Waals surface area (Å²) in [5.74, 6) is -2.42. The molecule has 1 atom stereocenters. The van der Waals surface area contributed by atoms with Crippen molar-refractivity contribution in [3.8, 4) is 11.3 Å². The van der Waals surface area contributed by atoms with Gasteiger partial charge in [0.1, 0.15) is 17.6 Å². The van der Waals surface area contributed by atoms with Gasteiger partial charge in [0.05, 0.1) is 5.56 Å². The lowest BCUT2D eigenvalue weighted by molar-refractivity contribution is -0.137. The number of likely N-dealkylation sites (N-methyl/N-ethyl adjacent to an activating group) is 1. The molecule has 0 saturated carbocycles. The first kappa shape index (κ1) is 21.1. The number of amides is 2. The third kappa shape index (κ3) is 4.35. The highest BCUT2D eigenvalue weighted by atomic mass is 19.4. The minimum Gasteiger partial charge on any atom is -0.451 e. The van der Waals surface area contributed by atoms with Crippen LogP contribution in [0.15, 0.2) is 65.1 Å². The third-order valence-corrected chi connectivity index (χ3v) is 4.43. The summed E-state index contributed by atoms with van der Waals surface area (Å²) in [6.45, 7) is 0. The highest BCUT2D eigenvalue weighted by molar-refractivity contribution is 5.95. The molecule has 0 saturated heterocycles. The van der Waals surface area contributed by atoms with Gasteiger partial charge in [-0.25, -0.2) is 4.39 Å². The zero-order valence-electron chi connectivity index (χ0n) is 15.6. The Bertz CT molecular complexity index is 1090. The Morgan fingerprint density at radius 1 is 1.03 bits per heavy atom. The zero-order valence-corrected chi connectivity index (χ0v) is 15.6. The molecule has 0 aliphatic carbocycles. The van der Waals surface area contributed by atoms with Crippen molar-refractivity contribution in [3.63, 3.8) is 0 Å². The molecule has 2 aromatic carbocycles. The molecule has 2 N–H and O–H groups in total. The summed E-state index contributed by atoms with van der Waals surface area (Å²) < 4.78 is 57.7. The summed E-state index contributed by atoms with van der Waals surface area (Å²) in [6.07, 6.45) is -4.53. The number of furan rings is 1. The molecule has 3 aromatic rings. The highest BCUT2D eigenvalue weighted by Gasteiger charge is 2.31. The zero-order chi connectivity index (χ0) is 22.1. The maximum absolute atomic E-state index is 13.5. The average Bonchev–Trinajstić information content (AvgIpc) is 3.17. The number of carbonyl (C=O) groups excluding carboxylic acids is 2. The molecule has 1 heterocycles. The second-order valence-electron chi connectivity index (χ2n) is 6.52. The molecule has 1 unspecified atom stereocenters. The predicted molar refractivity (Wildman–Crippen MR) is 99.6 cm³/mol. The second kappa shape index (κ2) is 8.02. The van der Waals surface area contributed by atoms with Gasteiger partial charge in [0, 0.05) is 12.6 Å². The first-order valence-corrected chi connectivity index (χ1v) is 8.67. The van der Waals surface area contributed by atoms with Crippen molar-refractivity contribution in [1.29, 1.82) is 0 Å². The lowest BCUT2D eigenvalue weighted by atomic mass is 10.0. The highest BCUT2D eigenvalue weighted by Crippen LogP contribution is 2.33. The summed E-state index contributed by atoms with van der Waals surface area (Å²) >= 11 is 0. The minimum absolute atomic E-state index is 0.0410. The Labute approximate surface area is 168 Å². The normalized spacial score (nSPS) is 12.4. The van der Waals surface area contributed by atoms with Crippen molar-refractivity contribution >= 4 is 11.8 Å². The van der Waals surface area contributed by atoms with Gasteiger partial charge in [-0.15, -0.1) is 0 Å². The van der Waals surface area contributed by atoms with Crippen LogP contribution in [0.5, 0.6) is 0 Å². The van der Waals surface area contributed by atoms with E-state index in [0.29, 0.717) is 0 Å². The lowest BCUT2D eigenvalue weighted by Gasteiger charge is -2.25. The number of hydrogen-bond acceptors (Lipinski definition) is 3. The number of nitrogens with zero attached hydrogens (tertiary/aromatic N) is 1. The fourth-order valence-corrected chi connectivity index (χ4v) is 3.00. The Morgan fingerprint density at radius 3 is 2.37 bits per heavy atom. The number of primary amides is 1. The molecule has 0 fully saturated rings. The molecule has 5 nitrogen and oxygen atoms in total. The molecule has 1 aromatic heterocycles. The number of benzene rings is 2. The third-order valence-electron chi connectivity index (χ3n) is 4.43. The van der Waals surface area contributed by atoms with Gasteiger partial charge in [0.25, 0.3) is 5.91 Å². The number of hydrogen-bond donors (Lipinski definition) is 1. The first-order valence-electron chi connectivity index (χ1n) is 8.67. The van der Waals surface area contributed by atoms with E-state index in [-0.39, 0.29) is 22.6 Å². The molecule has 9 heteroatoms. The van der Waals surface area contributed by atoms with E-state index in [1.807, 2.05) is 0 Å². The molecular formula is C21H16F4N2O3. The molecule has 2 amide bonds. The van der Waals surface area contributed by atoms with Crippen molar-refractivity contribution in [2.24, 2.45) is 5.73 Å². The summed E-state index contributed by atoms with van der Waals surface area (Å²) in [4.78, 5) is 25.7. The summed E-state index contributed by atoms with van der Waals surface area (Å²) in [5.41, 5.74) is 4.83. The van der Waals surface area contributed by atoms with Crippen LogP contribution in [0.25, 0.3) is 11.3 Å². The molecular weight excluding hydrogens is 404 g/mol. The van der Waals surface area contributed by atoms with Gasteiger partial charge >= 0.3 is 6.18 Å². The number of alkyl halides is 3. The van der Waals surface area contributed by atoms with Crippen molar-refractivity contribution < 1.29 is 31.6 Å². The molecule has 0 bridgehead atoms. The van der Waals surface area contributed by atoms with Crippen LogP contribution in [0.2, 0.25) is 0 Å². The Hall–Kier alpha value is -3.62. The second-order valence-corrected chi connectivity index (χ2v) is 6.52. The van der Waals surface area contributed by atoms with Crippen molar-refractivity contribution in [3.05, 3.63) is 83.4 Å². The van der Waals surface area contributed by atoms with Crippen LogP contribution in [-0.2, 0) is 11.0 Å². The van der Waals surface area contributed by atoms with Crippen LogP contribution >= 0.6 is 0 Å². The van der Waals surface area contributed by atoms with Gasteiger partial charge in [-0.3, -0.25) is 9.59 Å². The molecule has 0 radical (unpaired) electrons. The quantitative estimate of drug-likeness (QED) is 0.622. The molecule has 0 aliphatic heterocycles. The van der Waals surface area contributed by atoms with E-state index in [2.05, 4.69) is 0 Å². The van der Waals surface area contributed by atoms with E-state index in [1.165, 1.54) is 49.5 Å². The molecule has 30 heavy (non-hydrogen) atoms. The number of carbonyl (C=O) groups is 2. The lowest BCUT2D eigenvalue weighted by Crippen LogP contribution is -2.39. The fraction of sp³-hybridized carbons (Fsp3) is 0.143. The fourth-order valence-electron chi connectivity index (χ4n) is 3.00. The molecule has 0 aliphatic rings.